The predicted molar refractivity (Wildman–Crippen MR) is 101 cm³/mol. The Morgan fingerprint density at radius 2 is 1.73 bits per heavy atom. The van der Waals surface area contributed by atoms with Gasteiger partial charge in [-0.3, -0.25) is 9.69 Å². The fourth-order valence-corrected chi connectivity index (χ4v) is 3.34. The van der Waals surface area contributed by atoms with E-state index in [4.69, 9.17) is 4.74 Å². The Morgan fingerprint density at radius 3 is 2.38 bits per heavy atom. The van der Waals surface area contributed by atoms with Crippen LogP contribution in [0.1, 0.15) is 12.0 Å². The second-order valence-corrected chi connectivity index (χ2v) is 6.76. The lowest BCUT2D eigenvalue weighted by Gasteiger charge is -2.26. The van der Waals surface area contributed by atoms with Gasteiger partial charge >= 0.3 is 6.09 Å². The summed E-state index contributed by atoms with van der Waals surface area (Å²) in [5.41, 5.74) is 1.51. The standard InChI is InChI=1S/C19H19BrN2O4/c20-22(15-9-5-2-6-10-15)18(24)17-11-16(23)12-21(17)19(25)26-13-14-7-3-1-4-8-14/h1-10,16-17,23H,11-13H2. The third-order valence-corrected chi connectivity index (χ3v) is 4.94. The number of ether oxygens (including phenoxy) is 1. The Kier molecular flexibility index (Phi) is 5.90. The van der Waals surface area contributed by atoms with Gasteiger partial charge in [-0.1, -0.05) is 48.5 Å². The minimum Gasteiger partial charge on any atom is -0.445 e. The van der Waals surface area contributed by atoms with Crippen molar-refractivity contribution in [3.63, 3.8) is 0 Å². The van der Waals surface area contributed by atoms with E-state index in [0.29, 0.717) is 5.69 Å². The van der Waals surface area contributed by atoms with Crippen LogP contribution in [0, 0.1) is 0 Å². The maximum atomic E-state index is 12.8. The average molecular weight is 419 g/mol. The van der Waals surface area contributed by atoms with E-state index in [1.807, 2.05) is 48.5 Å². The molecule has 1 aliphatic rings. The van der Waals surface area contributed by atoms with E-state index in [1.165, 1.54) is 8.83 Å². The molecular weight excluding hydrogens is 400 g/mol. The molecule has 1 saturated heterocycles. The van der Waals surface area contributed by atoms with Crippen LogP contribution in [0.5, 0.6) is 0 Å². The molecule has 7 heteroatoms. The fraction of sp³-hybridized carbons (Fsp3) is 0.263. The molecule has 1 aliphatic heterocycles. The van der Waals surface area contributed by atoms with Crippen LogP contribution in [-0.2, 0) is 16.1 Å². The number of nitrogens with zero attached hydrogens (tertiary/aromatic N) is 2. The van der Waals surface area contributed by atoms with Gasteiger partial charge in [-0.15, -0.1) is 0 Å². The number of hydrogen-bond donors (Lipinski definition) is 1. The number of β-amino-alcohol motifs (C(OH)–C–C–N with tert-alkyl or cyclic N) is 1. The number of halogens is 1. The molecule has 0 saturated carbocycles. The van der Waals surface area contributed by atoms with Crippen LogP contribution < -0.4 is 3.93 Å². The number of carbonyl (C=O) groups is 2. The van der Waals surface area contributed by atoms with Gasteiger partial charge < -0.3 is 9.84 Å². The lowest BCUT2D eigenvalue weighted by Crippen LogP contribution is -2.45. The number of aliphatic hydroxyl groups excluding tert-OH is 1. The number of carbonyl (C=O) groups excluding carboxylic acids is 2. The monoisotopic (exact) mass is 418 g/mol. The van der Waals surface area contributed by atoms with Crippen LogP contribution in [-0.4, -0.2) is 40.7 Å². The molecule has 0 aliphatic carbocycles. The third kappa shape index (κ3) is 4.23. The molecule has 136 valence electrons. The summed E-state index contributed by atoms with van der Waals surface area (Å²) in [6.45, 7) is 0.184. The van der Waals surface area contributed by atoms with Crippen molar-refractivity contribution >= 4 is 33.8 Å². The van der Waals surface area contributed by atoms with Gasteiger partial charge in [-0.25, -0.2) is 8.72 Å². The number of rotatable bonds is 4. The van der Waals surface area contributed by atoms with E-state index in [9.17, 15) is 14.7 Å². The number of benzene rings is 2. The first-order valence-electron chi connectivity index (χ1n) is 8.26. The van der Waals surface area contributed by atoms with Crippen LogP contribution in [0.15, 0.2) is 60.7 Å². The highest BCUT2D eigenvalue weighted by atomic mass is 79.9. The minimum atomic E-state index is -0.784. The number of anilines is 1. The van der Waals surface area contributed by atoms with Crippen LogP contribution in [0.3, 0.4) is 0 Å². The summed E-state index contributed by atoms with van der Waals surface area (Å²) < 4.78 is 6.63. The van der Waals surface area contributed by atoms with Crippen molar-refractivity contribution < 1.29 is 19.4 Å². The van der Waals surface area contributed by atoms with Crippen molar-refractivity contribution in [2.75, 3.05) is 10.5 Å². The van der Waals surface area contributed by atoms with Crippen molar-refractivity contribution in [3.05, 3.63) is 66.2 Å². The van der Waals surface area contributed by atoms with Crippen molar-refractivity contribution in [2.45, 2.75) is 25.2 Å². The van der Waals surface area contributed by atoms with Crippen molar-refractivity contribution in [3.8, 4) is 0 Å². The van der Waals surface area contributed by atoms with Gasteiger partial charge in [0.1, 0.15) is 12.6 Å². The molecule has 1 fully saturated rings. The van der Waals surface area contributed by atoms with E-state index in [2.05, 4.69) is 16.1 Å². The minimum absolute atomic E-state index is 0.0691. The second kappa shape index (κ2) is 8.33. The maximum Gasteiger partial charge on any atom is 0.410 e. The Hall–Kier alpha value is -2.38. The van der Waals surface area contributed by atoms with Crippen LogP contribution >= 0.6 is 16.1 Å². The second-order valence-electron chi connectivity index (χ2n) is 6.05. The Balaban J connectivity index is 1.67. The van der Waals surface area contributed by atoms with Crippen LogP contribution in [0.4, 0.5) is 10.5 Å². The Morgan fingerprint density at radius 1 is 1.12 bits per heavy atom. The number of amides is 2. The first-order chi connectivity index (χ1) is 12.6. The molecule has 2 unspecified atom stereocenters. The highest BCUT2D eigenvalue weighted by Crippen LogP contribution is 2.26. The summed E-state index contributed by atoms with van der Waals surface area (Å²) in [5.74, 6) is -0.329. The molecule has 0 spiro atoms. The fourth-order valence-electron chi connectivity index (χ4n) is 2.87. The molecule has 2 aromatic carbocycles. The van der Waals surface area contributed by atoms with Crippen molar-refractivity contribution in [1.29, 1.82) is 0 Å². The van der Waals surface area contributed by atoms with E-state index in [-0.39, 0.29) is 25.5 Å². The average Bonchev–Trinajstić information content (AvgIpc) is 3.08. The van der Waals surface area contributed by atoms with Crippen LogP contribution in [0.2, 0.25) is 0 Å². The normalized spacial score (nSPS) is 19.2. The molecule has 1 heterocycles. The summed E-state index contributed by atoms with van der Waals surface area (Å²) in [4.78, 5) is 26.5. The molecule has 6 nitrogen and oxygen atoms in total. The highest BCUT2D eigenvalue weighted by Gasteiger charge is 2.41. The maximum absolute atomic E-state index is 12.8. The number of para-hydroxylation sites is 1. The highest BCUT2D eigenvalue weighted by molar-refractivity contribution is 9.10. The van der Waals surface area contributed by atoms with E-state index in [1.54, 1.807) is 12.1 Å². The summed E-state index contributed by atoms with van der Waals surface area (Å²) in [6, 6.07) is 17.5. The summed E-state index contributed by atoms with van der Waals surface area (Å²) in [5, 5.41) is 9.97. The predicted octanol–water partition coefficient (Wildman–Crippen LogP) is 3.10. The quantitative estimate of drug-likeness (QED) is 0.774. The van der Waals surface area contributed by atoms with Gasteiger partial charge in [0.15, 0.2) is 0 Å². The van der Waals surface area contributed by atoms with Gasteiger partial charge in [0.05, 0.1) is 34.5 Å². The Labute approximate surface area is 160 Å². The van der Waals surface area contributed by atoms with Gasteiger partial charge in [-0.2, -0.15) is 0 Å². The van der Waals surface area contributed by atoms with E-state index in [0.717, 1.165) is 5.56 Å². The number of aliphatic hydroxyl groups is 1. The molecule has 3 rings (SSSR count). The van der Waals surface area contributed by atoms with Gasteiger partial charge in [0.2, 0.25) is 0 Å². The molecule has 0 bridgehead atoms. The third-order valence-electron chi connectivity index (χ3n) is 4.18. The SMILES string of the molecule is O=C(C1CC(O)CN1C(=O)OCc1ccccc1)N(Br)c1ccccc1. The summed E-state index contributed by atoms with van der Waals surface area (Å²) in [6.07, 6.45) is -1.20. The molecular formula is C19H19BrN2O4. The smallest absolute Gasteiger partial charge is 0.410 e. The Bertz CT molecular complexity index is 757. The summed E-state index contributed by atoms with van der Waals surface area (Å²) in [7, 11) is 0. The molecule has 0 aromatic heterocycles. The molecule has 26 heavy (non-hydrogen) atoms. The van der Waals surface area contributed by atoms with E-state index < -0.39 is 18.2 Å². The molecule has 2 aromatic rings. The first-order valence-corrected chi connectivity index (χ1v) is 8.97. The lowest BCUT2D eigenvalue weighted by molar-refractivity contribution is -0.121. The molecule has 2 amide bonds. The summed E-state index contributed by atoms with van der Waals surface area (Å²) >= 11 is 3.26. The van der Waals surface area contributed by atoms with Crippen molar-refractivity contribution in [2.24, 2.45) is 0 Å². The zero-order chi connectivity index (χ0) is 18.5. The zero-order valence-electron chi connectivity index (χ0n) is 14.0. The molecule has 1 N–H and O–H groups in total. The molecule has 2 atom stereocenters. The number of likely N-dealkylation sites (tertiary alicyclic amines) is 1. The first kappa shape index (κ1) is 18.4. The number of hydrogen-bond acceptors (Lipinski definition) is 4. The van der Waals surface area contributed by atoms with E-state index >= 15 is 0 Å². The topological polar surface area (TPSA) is 70.1 Å². The lowest BCUT2D eigenvalue weighted by atomic mass is 10.2. The largest absolute Gasteiger partial charge is 0.445 e. The zero-order valence-corrected chi connectivity index (χ0v) is 15.6. The molecule has 0 radical (unpaired) electrons. The van der Waals surface area contributed by atoms with Crippen molar-refractivity contribution in [1.82, 2.24) is 4.90 Å². The van der Waals surface area contributed by atoms with Crippen LogP contribution in [0.25, 0.3) is 0 Å². The van der Waals surface area contributed by atoms with Gasteiger partial charge in [0.25, 0.3) is 5.91 Å². The van der Waals surface area contributed by atoms with Gasteiger partial charge in [-0.05, 0) is 17.7 Å². The van der Waals surface area contributed by atoms with Gasteiger partial charge in [0, 0.05) is 6.42 Å².